The molecule has 0 saturated carbocycles. The number of nitrogens with zero attached hydrogens (tertiary/aromatic N) is 1. The van der Waals surface area contributed by atoms with Crippen LogP contribution in [0.4, 0.5) is 4.39 Å². The lowest BCUT2D eigenvalue weighted by Crippen LogP contribution is -2.06. The minimum atomic E-state index is -0.422. The predicted molar refractivity (Wildman–Crippen MR) is 83.1 cm³/mol. The molecule has 4 rings (SSSR count). The molecule has 5 heteroatoms. The molecule has 0 bridgehead atoms. The van der Waals surface area contributed by atoms with Crippen molar-refractivity contribution in [2.24, 2.45) is 0 Å². The maximum absolute atomic E-state index is 13.4. The first-order valence-electron chi connectivity index (χ1n) is 6.39. The van der Waals surface area contributed by atoms with Crippen molar-refractivity contribution >= 4 is 32.5 Å². The topological polar surface area (TPSA) is 45.8 Å². The van der Waals surface area contributed by atoms with E-state index in [1.807, 2.05) is 24.3 Å². The van der Waals surface area contributed by atoms with Crippen molar-refractivity contribution in [2.45, 2.75) is 0 Å². The van der Waals surface area contributed by atoms with Gasteiger partial charge >= 0.3 is 0 Å². The van der Waals surface area contributed by atoms with Gasteiger partial charge in [-0.25, -0.2) is 9.37 Å². The molecule has 0 radical (unpaired) electrons. The van der Waals surface area contributed by atoms with Crippen LogP contribution in [0.5, 0.6) is 0 Å². The second-order valence-corrected chi connectivity index (χ2v) is 5.74. The van der Waals surface area contributed by atoms with Gasteiger partial charge in [0.2, 0.25) is 0 Å². The van der Waals surface area contributed by atoms with Crippen molar-refractivity contribution in [3.05, 3.63) is 64.7 Å². The Morgan fingerprint density at radius 3 is 2.86 bits per heavy atom. The van der Waals surface area contributed by atoms with E-state index in [1.54, 1.807) is 12.3 Å². The normalized spacial score (nSPS) is 11.3. The smallest absolute Gasteiger partial charge is 0.199 e. The van der Waals surface area contributed by atoms with Crippen molar-refractivity contribution in [1.82, 2.24) is 9.97 Å². The third-order valence-corrected chi connectivity index (χ3v) is 4.44. The highest BCUT2D eigenvalue weighted by Crippen LogP contribution is 2.28. The summed E-state index contributed by atoms with van der Waals surface area (Å²) in [4.78, 5) is 20.0. The number of para-hydroxylation sites is 1. The third kappa shape index (κ3) is 1.94. The Hall–Kier alpha value is -2.53. The van der Waals surface area contributed by atoms with Crippen LogP contribution in [0.1, 0.15) is 0 Å². The molecule has 21 heavy (non-hydrogen) atoms. The number of H-pyrrole nitrogens is 1. The predicted octanol–water partition coefficient (Wildman–Crippen LogP) is 3.94. The first-order chi connectivity index (χ1) is 10.2. The van der Waals surface area contributed by atoms with Gasteiger partial charge in [0, 0.05) is 17.1 Å². The Balaban J connectivity index is 2.01. The number of fused-ring (bicyclic) bond motifs is 2. The Labute approximate surface area is 122 Å². The number of halogens is 1. The van der Waals surface area contributed by atoms with Gasteiger partial charge < -0.3 is 4.98 Å². The summed E-state index contributed by atoms with van der Waals surface area (Å²) in [7, 11) is 0. The van der Waals surface area contributed by atoms with Crippen LogP contribution in [0.3, 0.4) is 0 Å². The lowest BCUT2D eigenvalue weighted by atomic mass is 10.1. The first-order valence-corrected chi connectivity index (χ1v) is 7.21. The standard InChI is InChI=1S/C16H9FN2OS/c17-9-5-6-12-10(7-9)15(20)11(8-18-12)16-19-13-3-1-2-4-14(13)21-16/h1-8H,(H,18,20). The second-order valence-electron chi connectivity index (χ2n) is 4.71. The fourth-order valence-electron chi connectivity index (χ4n) is 2.34. The average molecular weight is 296 g/mol. The molecule has 1 N–H and O–H groups in total. The minimum Gasteiger partial charge on any atom is -0.360 e. The molecule has 0 unspecified atom stereocenters. The Bertz CT molecular complexity index is 1000. The maximum atomic E-state index is 13.4. The molecule has 0 atom stereocenters. The lowest BCUT2D eigenvalue weighted by molar-refractivity contribution is 0.629. The molecule has 0 saturated heterocycles. The van der Waals surface area contributed by atoms with E-state index in [9.17, 15) is 9.18 Å². The molecule has 0 aliphatic carbocycles. The SMILES string of the molecule is O=c1c(-c2nc3ccccc3s2)c[nH]c2ccc(F)cc12. The van der Waals surface area contributed by atoms with Gasteiger partial charge in [0.1, 0.15) is 10.8 Å². The molecule has 2 aromatic carbocycles. The molecule has 0 fully saturated rings. The monoisotopic (exact) mass is 296 g/mol. The van der Waals surface area contributed by atoms with Gasteiger partial charge in [-0.2, -0.15) is 0 Å². The van der Waals surface area contributed by atoms with Gasteiger partial charge in [-0.3, -0.25) is 4.79 Å². The number of thiazole rings is 1. The van der Waals surface area contributed by atoms with Gasteiger partial charge in [0.05, 0.1) is 15.8 Å². The van der Waals surface area contributed by atoms with Crippen LogP contribution in [0.25, 0.3) is 31.7 Å². The van der Waals surface area contributed by atoms with E-state index in [2.05, 4.69) is 9.97 Å². The van der Waals surface area contributed by atoms with Crippen LogP contribution in [0, 0.1) is 5.82 Å². The Morgan fingerprint density at radius 2 is 2.00 bits per heavy atom. The van der Waals surface area contributed by atoms with Crippen molar-refractivity contribution in [2.75, 3.05) is 0 Å². The minimum absolute atomic E-state index is 0.206. The maximum Gasteiger partial charge on any atom is 0.199 e. The number of pyridine rings is 1. The largest absolute Gasteiger partial charge is 0.360 e. The third-order valence-electron chi connectivity index (χ3n) is 3.37. The van der Waals surface area contributed by atoms with Crippen LogP contribution in [0.2, 0.25) is 0 Å². The Kier molecular flexibility index (Phi) is 2.62. The Morgan fingerprint density at radius 1 is 1.14 bits per heavy atom. The average Bonchev–Trinajstić information content (AvgIpc) is 2.92. The van der Waals surface area contributed by atoms with E-state index >= 15 is 0 Å². The molecule has 0 aliphatic heterocycles. The molecule has 102 valence electrons. The first kappa shape index (κ1) is 12.2. The van der Waals surface area contributed by atoms with Crippen LogP contribution in [-0.2, 0) is 0 Å². The highest BCUT2D eigenvalue weighted by molar-refractivity contribution is 7.21. The highest BCUT2D eigenvalue weighted by Gasteiger charge is 2.12. The summed E-state index contributed by atoms with van der Waals surface area (Å²) in [6, 6.07) is 11.9. The van der Waals surface area contributed by atoms with Gasteiger partial charge in [-0.1, -0.05) is 12.1 Å². The number of aromatic amines is 1. The van der Waals surface area contributed by atoms with E-state index in [4.69, 9.17) is 0 Å². The number of benzene rings is 2. The van der Waals surface area contributed by atoms with E-state index in [0.717, 1.165) is 10.2 Å². The molecular formula is C16H9FN2OS. The van der Waals surface area contributed by atoms with Gasteiger partial charge in [-0.15, -0.1) is 11.3 Å². The summed E-state index contributed by atoms with van der Waals surface area (Å²) >= 11 is 1.45. The van der Waals surface area contributed by atoms with Crippen LogP contribution in [0.15, 0.2) is 53.5 Å². The van der Waals surface area contributed by atoms with E-state index in [-0.39, 0.29) is 5.43 Å². The molecule has 4 aromatic rings. The lowest BCUT2D eigenvalue weighted by Gasteiger charge is -2.00. The zero-order valence-corrected chi connectivity index (χ0v) is 11.6. The molecule has 3 nitrogen and oxygen atoms in total. The summed E-state index contributed by atoms with van der Waals surface area (Å²) in [6.07, 6.45) is 1.64. The quantitative estimate of drug-likeness (QED) is 0.578. The summed E-state index contributed by atoms with van der Waals surface area (Å²) in [5, 5.41) is 0.982. The van der Waals surface area contributed by atoms with E-state index in [1.165, 1.54) is 23.5 Å². The van der Waals surface area contributed by atoms with Crippen LogP contribution in [-0.4, -0.2) is 9.97 Å². The highest BCUT2D eigenvalue weighted by atomic mass is 32.1. The van der Waals surface area contributed by atoms with Crippen molar-refractivity contribution in [1.29, 1.82) is 0 Å². The number of aromatic nitrogens is 2. The fraction of sp³-hybridized carbons (Fsp3) is 0. The summed E-state index contributed by atoms with van der Waals surface area (Å²) in [5.41, 5.74) is 1.74. The van der Waals surface area contributed by atoms with Crippen molar-refractivity contribution < 1.29 is 4.39 Å². The number of hydrogen-bond donors (Lipinski definition) is 1. The van der Waals surface area contributed by atoms with Gasteiger partial charge in [-0.05, 0) is 30.3 Å². The second kappa shape index (κ2) is 4.49. The van der Waals surface area contributed by atoms with E-state index in [0.29, 0.717) is 21.5 Å². The zero-order chi connectivity index (χ0) is 14.4. The van der Waals surface area contributed by atoms with Gasteiger partial charge in [0.15, 0.2) is 5.43 Å². The fourth-order valence-corrected chi connectivity index (χ4v) is 3.32. The van der Waals surface area contributed by atoms with Crippen LogP contribution < -0.4 is 5.43 Å². The number of rotatable bonds is 1. The van der Waals surface area contributed by atoms with Crippen molar-refractivity contribution in [3.63, 3.8) is 0 Å². The summed E-state index contributed by atoms with van der Waals surface area (Å²) in [5.74, 6) is -0.422. The molecule has 2 heterocycles. The van der Waals surface area contributed by atoms with Crippen LogP contribution >= 0.6 is 11.3 Å². The van der Waals surface area contributed by atoms with E-state index < -0.39 is 5.82 Å². The molecule has 0 aliphatic rings. The molecule has 0 amide bonds. The number of hydrogen-bond acceptors (Lipinski definition) is 3. The summed E-state index contributed by atoms with van der Waals surface area (Å²) in [6.45, 7) is 0. The van der Waals surface area contributed by atoms with Crippen molar-refractivity contribution in [3.8, 4) is 10.6 Å². The zero-order valence-electron chi connectivity index (χ0n) is 10.8. The molecular weight excluding hydrogens is 287 g/mol. The summed E-state index contributed by atoms with van der Waals surface area (Å²) < 4.78 is 14.4. The molecule has 2 aromatic heterocycles. The number of nitrogens with one attached hydrogen (secondary N) is 1. The van der Waals surface area contributed by atoms with Gasteiger partial charge in [0.25, 0.3) is 0 Å². The molecule has 0 spiro atoms.